The Morgan fingerprint density at radius 2 is 1.95 bits per heavy atom. The maximum Gasteiger partial charge on any atom is 0.222 e. The molecule has 0 atom stereocenters. The number of hydrogen-bond donors (Lipinski definition) is 0. The molecule has 1 aromatic heterocycles. The fourth-order valence-electron chi connectivity index (χ4n) is 2.16. The number of rotatable bonds is 5. The van der Waals surface area contributed by atoms with Crippen LogP contribution in [0.2, 0.25) is 0 Å². The number of aryl methyl sites for hydroxylation is 3. The third kappa shape index (κ3) is 3.90. The van der Waals surface area contributed by atoms with Crippen LogP contribution in [-0.2, 0) is 17.8 Å². The van der Waals surface area contributed by atoms with Crippen molar-refractivity contribution in [2.24, 2.45) is 0 Å². The zero-order valence-corrected chi connectivity index (χ0v) is 13.0. The van der Waals surface area contributed by atoms with Gasteiger partial charge in [0.15, 0.2) is 0 Å². The third-order valence-electron chi connectivity index (χ3n) is 3.25. The van der Waals surface area contributed by atoms with Gasteiger partial charge in [0, 0.05) is 24.9 Å². The van der Waals surface area contributed by atoms with Crippen LogP contribution in [0.15, 0.2) is 30.3 Å². The molecule has 4 heteroatoms. The molecule has 0 spiro atoms. The Hall–Kier alpha value is -1.68. The normalized spacial score (nSPS) is 10.6. The maximum atomic E-state index is 12.1. The van der Waals surface area contributed by atoms with E-state index in [-0.39, 0.29) is 5.91 Å². The van der Waals surface area contributed by atoms with E-state index in [0.29, 0.717) is 13.0 Å². The largest absolute Gasteiger partial charge is 0.341 e. The number of benzene rings is 1. The van der Waals surface area contributed by atoms with Gasteiger partial charge in [0.2, 0.25) is 5.91 Å². The quantitative estimate of drug-likeness (QED) is 0.845. The number of hydrogen-bond acceptors (Lipinski definition) is 3. The Kier molecular flexibility index (Phi) is 4.90. The minimum atomic E-state index is 0.180. The minimum absolute atomic E-state index is 0.180. The van der Waals surface area contributed by atoms with Crippen molar-refractivity contribution in [2.75, 3.05) is 7.05 Å². The molecule has 106 valence electrons. The maximum absolute atomic E-state index is 12.1. The topological polar surface area (TPSA) is 33.2 Å². The lowest BCUT2D eigenvalue weighted by Gasteiger charge is -2.17. The Morgan fingerprint density at radius 1 is 1.25 bits per heavy atom. The van der Waals surface area contributed by atoms with Crippen molar-refractivity contribution in [1.82, 2.24) is 9.88 Å². The molecule has 1 heterocycles. The fraction of sp³-hybridized carbons (Fsp3) is 0.375. The lowest BCUT2D eigenvalue weighted by molar-refractivity contribution is -0.130. The van der Waals surface area contributed by atoms with E-state index < -0.39 is 0 Å². The van der Waals surface area contributed by atoms with Gasteiger partial charge in [-0.25, -0.2) is 4.98 Å². The van der Waals surface area contributed by atoms with E-state index in [1.54, 1.807) is 16.2 Å². The molecule has 0 aliphatic carbocycles. The van der Waals surface area contributed by atoms with E-state index in [9.17, 15) is 4.79 Å². The molecular weight excluding hydrogens is 268 g/mol. The van der Waals surface area contributed by atoms with Crippen LogP contribution in [0.5, 0.6) is 0 Å². The molecule has 0 fully saturated rings. The van der Waals surface area contributed by atoms with Gasteiger partial charge in [0.25, 0.3) is 0 Å². The monoisotopic (exact) mass is 288 g/mol. The van der Waals surface area contributed by atoms with Crippen molar-refractivity contribution in [3.63, 3.8) is 0 Å². The summed E-state index contributed by atoms with van der Waals surface area (Å²) in [6.07, 6.45) is 1.33. The smallest absolute Gasteiger partial charge is 0.222 e. The van der Waals surface area contributed by atoms with Gasteiger partial charge in [-0.3, -0.25) is 4.79 Å². The van der Waals surface area contributed by atoms with E-state index >= 15 is 0 Å². The average molecular weight is 288 g/mol. The summed E-state index contributed by atoms with van der Waals surface area (Å²) in [7, 11) is 1.86. The van der Waals surface area contributed by atoms with Crippen LogP contribution in [0.25, 0.3) is 0 Å². The van der Waals surface area contributed by atoms with E-state index in [1.165, 1.54) is 4.88 Å². The van der Waals surface area contributed by atoms with Crippen LogP contribution in [0.1, 0.15) is 27.6 Å². The molecule has 1 amide bonds. The molecule has 0 aliphatic heterocycles. The first kappa shape index (κ1) is 14.7. The molecule has 0 unspecified atom stereocenters. The Labute approximate surface area is 124 Å². The van der Waals surface area contributed by atoms with Crippen LogP contribution in [0.3, 0.4) is 0 Å². The van der Waals surface area contributed by atoms with Gasteiger partial charge < -0.3 is 4.90 Å². The van der Waals surface area contributed by atoms with Crippen molar-refractivity contribution in [3.05, 3.63) is 51.5 Å². The molecule has 0 aliphatic rings. The molecule has 0 N–H and O–H groups in total. The fourth-order valence-corrected chi connectivity index (χ4v) is 3.10. The van der Waals surface area contributed by atoms with Gasteiger partial charge in [-0.15, -0.1) is 11.3 Å². The second-order valence-electron chi connectivity index (χ2n) is 4.98. The molecule has 0 saturated heterocycles. The predicted molar refractivity (Wildman–Crippen MR) is 82.8 cm³/mol. The van der Waals surface area contributed by atoms with Gasteiger partial charge in [-0.2, -0.15) is 0 Å². The lowest BCUT2D eigenvalue weighted by atomic mass is 10.2. The van der Waals surface area contributed by atoms with Crippen molar-refractivity contribution >= 4 is 17.2 Å². The average Bonchev–Trinajstić information content (AvgIpc) is 2.75. The zero-order chi connectivity index (χ0) is 14.5. The first-order valence-electron chi connectivity index (χ1n) is 6.77. The van der Waals surface area contributed by atoms with Crippen LogP contribution < -0.4 is 0 Å². The number of thiazole rings is 1. The van der Waals surface area contributed by atoms with Crippen LogP contribution in [0, 0.1) is 13.8 Å². The molecule has 0 saturated carbocycles. The highest BCUT2D eigenvalue weighted by Crippen LogP contribution is 2.19. The van der Waals surface area contributed by atoms with Crippen molar-refractivity contribution in [1.29, 1.82) is 0 Å². The standard InChI is InChI=1S/C16H20N2OS/c1-12-15(20-13(2)17-12)9-10-16(19)18(3)11-14-7-5-4-6-8-14/h4-8H,9-11H2,1-3H3. The molecule has 20 heavy (non-hydrogen) atoms. The SMILES string of the molecule is Cc1nc(C)c(CCC(=O)N(C)Cc2ccccc2)s1. The first-order chi connectivity index (χ1) is 9.56. The summed E-state index contributed by atoms with van der Waals surface area (Å²) in [6, 6.07) is 10.1. The Bertz CT molecular complexity index is 577. The zero-order valence-electron chi connectivity index (χ0n) is 12.2. The second kappa shape index (κ2) is 6.66. The van der Waals surface area contributed by atoms with E-state index in [1.807, 2.05) is 51.2 Å². The molecule has 1 aromatic carbocycles. The van der Waals surface area contributed by atoms with Crippen molar-refractivity contribution in [2.45, 2.75) is 33.2 Å². The van der Waals surface area contributed by atoms with Crippen LogP contribution >= 0.6 is 11.3 Å². The Balaban J connectivity index is 1.87. The number of carbonyl (C=O) groups is 1. The highest BCUT2D eigenvalue weighted by Gasteiger charge is 2.12. The van der Waals surface area contributed by atoms with Gasteiger partial charge in [0.05, 0.1) is 10.7 Å². The highest BCUT2D eigenvalue weighted by molar-refractivity contribution is 7.11. The molecule has 0 bridgehead atoms. The predicted octanol–water partition coefficient (Wildman–Crippen LogP) is 3.35. The molecule has 0 radical (unpaired) electrons. The summed E-state index contributed by atoms with van der Waals surface area (Å²) >= 11 is 1.69. The summed E-state index contributed by atoms with van der Waals surface area (Å²) in [5, 5.41) is 1.07. The molecule has 2 aromatic rings. The van der Waals surface area contributed by atoms with Crippen LogP contribution in [0.4, 0.5) is 0 Å². The first-order valence-corrected chi connectivity index (χ1v) is 7.58. The Morgan fingerprint density at radius 3 is 2.55 bits per heavy atom. The summed E-state index contributed by atoms with van der Waals surface area (Å²) in [4.78, 5) is 19.6. The molecule has 2 rings (SSSR count). The molecule has 3 nitrogen and oxygen atoms in total. The minimum Gasteiger partial charge on any atom is -0.341 e. The number of carbonyl (C=O) groups excluding carboxylic acids is 1. The highest BCUT2D eigenvalue weighted by atomic mass is 32.1. The summed E-state index contributed by atoms with van der Waals surface area (Å²) in [6.45, 7) is 4.68. The van der Waals surface area contributed by atoms with Gasteiger partial charge in [-0.1, -0.05) is 30.3 Å². The lowest BCUT2D eigenvalue weighted by Crippen LogP contribution is -2.26. The second-order valence-corrected chi connectivity index (χ2v) is 6.26. The van der Waals surface area contributed by atoms with Crippen molar-refractivity contribution < 1.29 is 4.79 Å². The summed E-state index contributed by atoms with van der Waals surface area (Å²) in [5.74, 6) is 0.180. The number of aromatic nitrogens is 1. The van der Waals surface area contributed by atoms with Crippen molar-refractivity contribution in [3.8, 4) is 0 Å². The molecular formula is C16H20N2OS. The van der Waals surface area contributed by atoms with Gasteiger partial charge >= 0.3 is 0 Å². The summed E-state index contributed by atoms with van der Waals surface area (Å²) < 4.78 is 0. The van der Waals surface area contributed by atoms with E-state index in [2.05, 4.69) is 4.98 Å². The van der Waals surface area contributed by atoms with Gasteiger partial charge in [-0.05, 0) is 25.8 Å². The number of nitrogens with zero attached hydrogens (tertiary/aromatic N) is 2. The summed E-state index contributed by atoms with van der Waals surface area (Å²) in [5.41, 5.74) is 2.22. The van der Waals surface area contributed by atoms with Crippen LogP contribution in [-0.4, -0.2) is 22.8 Å². The number of amides is 1. The van der Waals surface area contributed by atoms with Gasteiger partial charge in [0.1, 0.15) is 0 Å². The van der Waals surface area contributed by atoms with E-state index in [4.69, 9.17) is 0 Å². The van der Waals surface area contributed by atoms with E-state index in [0.717, 1.165) is 22.7 Å². The third-order valence-corrected chi connectivity index (χ3v) is 4.39.